The highest BCUT2D eigenvalue weighted by atomic mass is 32.1. The fraction of sp³-hybridized carbons (Fsp3) is 0.667. The van der Waals surface area contributed by atoms with Crippen LogP contribution in [0.3, 0.4) is 0 Å². The zero-order valence-electron chi connectivity index (χ0n) is 8.93. The van der Waals surface area contributed by atoms with Gasteiger partial charge in [-0.3, -0.25) is 14.8 Å². The van der Waals surface area contributed by atoms with Crippen LogP contribution in [0.5, 0.6) is 0 Å². The van der Waals surface area contributed by atoms with Gasteiger partial charge in [0, 0.05) is 6.54 Å². The van der Waals surface area contributed by atoms with Gasteiger partial charge in [-0.05, 0) is 32.4 Å². The Morgan fingerprint density at radius 3 is 2.60 bits per heavy atom. The minimum absolute atomic E-state index is 0.140. The smallest absolute Gasteiger partial charge is 0.262 e. The summed E-state index contributed by atoms with van der Waals surface area (Å²) >= 11 is 4.11. The molecule has 0 aromatic carbocycles. The van der Waals surface area contributed by atoms with Gasteiger partial charge in [0.25, 0.3) is 0 Å². The van der Waals surface area contributed by atoms with Crippen LogP contribution in [0.4, 0.5) is 5.69 Å². The van der Waals surface area contributed by atoms with E-state index in [4.69, 9.17) is 0 Å². The molecule has 0 unspecified atom stereocenters. The summed E-state index contributed by atoms with van der Waals surface area (Å²) < 4.78 is 1.71. The molecule has 0 aliphatic rings. The summed E-state index contributed by atoms with van der Waals surface area (Å²) in [6.45, 7) is 4.13. The normalized spacial score (nSPS) is 10.6. The number of hydrogen-bond donors (Lipinski definition) is 1. The molecule has 0 saturated heterocycles. The van der Waals surface area contributed by atoms with E-state index in [1.807, 2.05) is 0 Å². The standard InChI is InChI=1S/C9H15N3O2S/c1-7-9(12(13)14)8(2)11(10-7)5-3-4-6-15/h15H,3-6H2,1-2H3. The fourth-order valence-electron chi connectivity index (χ4n) is 1.54. The molecule has 1 heterocycles. The van der Waals surface area contributed by atoms with E-state index in [2.05, 4.69) is 17.7 Å². The number of unbranched alkanes of at least 4 members (excludes halogenated alkanes) is 1. The van der Waals surface area contributed by atoms with Gasteiger partial charge in [0.15, 0.2) is 0 Å². The third-order valence-corrected chi connectivity index (χ3v) is 2.62. The molecule has 6 heteroatoms. The number of nitro groups is 1. The fourth-order valence-corrected chi connectivity index (χ4v) is 1.77. The van der Waals surface area contributed by atoms with Crippen molar-refractivity contribution in [1.29, 1.82) is 0 Å². The van der Waals surface area contributed by atoms with E-state index in [0.29, 0.717) is 11.4 Å². The molecule has 1 aromatic rings. The third kappa shape index (κ3) is 2.71. The summed E-state index contributed by atoms with van der Waals surface area (Å²) in [5.74, 6) is 0.835. The van der Waals surface area contributed by atoms with Crippen molar-refractivity contribution >= 4 is 18.3 Å². The van der Waals surface area contributed by atoms with Crippen molar-refractivity contribution in [3.05, 3.63) is 21.5 Å². The van der Waals surface area contributed by atoms with Gasteiger partial charge in [0.05, 0.1) is 4.92 Å². The summed E-state index contributed by atoms with van der Waals surface area (Å²) in [5, 5.41) is 14.9. The molecule has 0 radical (unpaired) electrons. The molecule has 15 heavy (non-hydrogen) atoms. The van der Waals surface area contributed by atoms with E-state index in [0.717, 1.165) is 25.1 Å². The predicted molar refractivity (Wildman–Crippen MR) is 61.4 cm³/mol. The molecule has 1 rings (SSSR count). The van der Waals surface area contributed by atoms with E-state index in [-0.39, 0.29) is 10.6 Å². The van der Waals surface area contributed by atoms with Gasteiger partial charge in [-0.25, -0.2) is 0 Å². The Morgan fingerprint density at radius 1 is 1.47 bits per heavy atom. The number of aromatic nitrogens is 2. The average molecular weight is 229 g/mol. The monoisotopic (exact) mass is 229 g/mol. The largest absolute Gasteiger partial charge is 0.312 e. The lowest BCUT2D eigenvalue weighted by Crippen LogP contribution is -2.03. The number of nitrogens with zero attached hydrogens (tertiary/aromatic N) is 3. The lowest BCUT2D eigenvalue weighted by Gasteiger charge is -2.01. The Balaban J connectivity index is 2.82. The second-order valence-corrected chi connectivity index (χ2v) is 3.88. The van der Waals surface area contributed by atoms with Crippen LogP contribution in [0.2, 0.25) is 0 Å². The number of hydrogen-bond acceptors (Lipinski definition) is 4. The van der Waals surface area contributed by atoms with Gasteiger partial charge < -0.3 is 0 Å². The highest BCUT2D eigenvalue weighted by Crippen LogP contribution is 2.21. The summed E-state index contributed by atoms with van der Waals surface area (Å²) in [4.78, 5) is 10.4. The first-order chi connectivity index (χ1) is 7.07. The van der Waals surface area contributed by atoms with Crippen molar-refractivity contribution in [2.24, 2.45) is 0 Å². The van der Waals surface area contributed by atoms with E-state index in [9.17, 15) is 10.1 Å². The first-order valence-corrected chi connectivity index (χ1v) is 5.50. The molecule has 0 bridgehead atoms. The SMILES string of the molecule is Cc1nn(CCCCS)c(C)c1[N+](=O)[O-]. The van der Waals surface area contributed by atoms with Crippen LogP contribution in [-0.4, -0.2) is 20.5 Å². The summed E-state index contributed by atoms with van der Waals surface area (Å²) in [6.07, 6.45) is 1.94. The molecule has 84 valence electrons. The molecule has 0 aliphatic heterocycles. The van der Waals surface area contributed by atoms with Gasteiger partial charge in [0.1, 0.15) is 11.4 Å². The molecule has 0 spiro atoms. The topological polar surface area (TPSA) is 61.0 Å². The Labute approximate surface area is 94.0 Å². The molecule has 0 fully saturated rings. The maximum absolute atomic E-state index is 10.7. The highest BCUT2D eigenvalue weighted by Gasteiger charge is 2.20. The number of rotatable bonds is 5. The lowest BCUT2D eigenvalue weighted by molar-refractivity contribution is -0.386. The molecule has 0 N–H and O–H groups in total. The molecule has 0 amide bonds. The maximum Gasteiger partial charge on any atom is 0.312 e. The van der Waals surface area contributed by atoms with Crippen LogP contribution >= 0.6 is 12.6 Å². The lowest BCUT2D eigenvalue weighted by atomic mass is 10.3. The molecule has 0 aliphatic carbocycles. The first kappa shape index (κ1) is 12.0. The molecule has 5 nitrogen and oxygen atoms in total. The summed E-state index contributed by atoms with van der Waals surface area (Å²) in [7, 11) is 0. The van der Waals surface area contributed by atoms with Crippen LogP contribution in [0, 0.1) is 24.0 Å². The van der Waals surface area contributed by atoms with E-state index in [1.54, 1.807) is 18.5 Å². The molecule has 0 saturated carbocycles. The molecular formula is C9H15N3O2S. The second-order valence-electron chi connectivity index (χ2n) is 3.43. The van der Waals surface area contributed by atoms with Crippen molar-refractivity contribution in [3.8, 4) is 0 Å². The van der Waals surface area contributed by atoms with Crippen LogP contribution in [0.25, 0.3) is 0 Å². The van der Waals surface area contributed by atoms with Gasteiger partial charge in [-0.1, -0.05) is 0 Å². The van der Waals surface area contributed by atoms with Gasteiger partial charge in [-0.15, -0.1) is 0 Å². The summed E-state index contributed by atoms with van der Waals surface area (Å²) in [5.41, 5.74) is 1.26. The Hall–Kier alpha value is -1.04. The van der Waals surface area contributed by atoms with Crippen LogP contribution in [0.1, 0.15) is 24.2 Å². The van der Waals surface area contributed by atoms with Crippen molar-refractivity contribution in [3.63, 3.8) is 0 Å². The van der Waals surface area contributed by atoms with Gasteiger partial charge in [-0.2, -0.15) is 17.7 Å². The molecular weight excluding hydrogens is 214 g/mol. The Morgan fingerprint density at radius 2 is 2.13 bits per heavy atom. The quantitative estimate of drug-likeness (QED) is 0.364. The first-order valence-electron chi connectivity index (χ1n) is 4.87. The van der Waals surface area contributed by atoms with E-state index < -0.39 is 0 Å². The Bertz CT molecular complexity index is 362. The Kier molecular flexibility index (Phi) is 4.14. The van der Waals surface area contributed by atoms with Crippen molar-refractivity contribution in [2.45, 2.75) is 33.2 Å². The third-order valence-electron chi connectivity index (χ3n) is 2.30. The van der Waals surface area contributed by atoms with Crippen LogP contribution in [0.15, 0.2) is 0 Å². The summed E-state index contributed by atoms with van der Waals surface area (Å²) in [6, 6.07) is 0. The predicted octanol–water partition coefficient (Wildman–Crippen LogP) is 2.12. The van der Waals surface area contributed by atoms with Gasteiger partial charge in [0.2, 0.25) is 0 Å². The van der Waals surface area contributed by atoms with Crippen molar-refractivity contribution in [1.82, 2.24) is 9.78 Å². The number of aryl methyl sites for hydroxylation is 2. The minimum Gasteiger partial charge on any atom is -0.262 e. The molecule has 1 aromatic heterocycles. The van der Waals surface area contributed by atoms with E-state index in [1.165, 1.54) is 0 Å². The van der Waals surface area contributed by atoms with Crippen LogP contribution in [-0.2, 0) is 6.54 Å². The second kappa shape index (κ2) is 5.16. The number of thiol groups is 1. The van der Waals surface area contributed by atoms with Crippen molar-refractivity contribution < 1.29 is 4.92 Å². The molecule has 0 atom stereocenters. The highest BCUT2D eigenvalue weighted by molar-refractivity contribution is 7.80. The van der Waals surface area contributed by atoms with Gasteiger partial charge >= 0.3 is 5.69 Å². The minimum atomic E-state index is -0.368. The maximum atomic E-state index is 10.7. The van der Waals surface area contributed by atoms with E-state index >= 15 is 0 Å². The average Bonchev–Trinajstić information content (AvgIpc) is 2.42. The zero-order valence-corrected chi connectivity index (χ0v) is 9.83. The zero-order chi connectivity index (χ0) is 11.4. The van der Waals surface area contributed by atoms with Crippen LogP contribution < -0.4 is 0 Å². The van der Waals surface area contributed by atoms with Crippen molar-refractivity contribution in [2.75, 3.05) is 5.75 Å².